The van der Waals surface area contributed by atoms with Crippen LogP contribution in [0.15, 0.2) is 24.3 Å². The van der Waals surface area contributed by atoms with Crippen LogP contribution in [0, 0.1) is 0 Å². The predicted octanol–water partition coefficient (Wildman–Crippen LogP) is 0.571. The molecule has 0 atom stereocenters. The van der Waals surface area contributed by atoms with E-state index in [1.807, 2.05) is 0 Å². The molecule has 0 aromatic rings. The first-order valence-corrected chi connectivity index (χ1v) is 2.81. The first kappa shape index (κ1) is 6.08. The van der Waals surface area contributed by atoms with Gasteiger partial charge in [0, 0.05) is 19.7 Å². The number of carbonyl (C=O) groups is 1. The molecule has 1 heterocycles. The molecule has 48 valence electrons. The summed E-state index contributed by atoms with van der Waals surface area (Å²) >= 11 is 0. The van der Waals surface area contributed by atoms with Crippen LogP contribution < -0.4 is 0 Å². The van der Waals surface area contributed by atoms with Gasteiger partial charge in [-0.25, -0.2) is 0 Å². The Bertz CT molecular complexity index is 181. The smallest absolute Gasteiger partial charge is 0.246 e. The highest BCUT2D eigenvalue weighted by molar-refractivity contribution is 5.89. The Kier molecular flexibility index (Phi) is 1.39. The van der Waals surface area contributed by atoms with Gasteiger partial charge in [-0.3, -0.25) is 4.79 Å². The van der Waals surface area contributed by atoms with Crippen molar-refractivity contribution in [2.45, 2.75) is 0 Å². The van der Waals surface area contributed by atoms with Crippen LogP contribution in [0.1, 0.15) is 0 Å². The molecule has 1 amide bonds. The normalized spacial score (nSPS) is 19.0. The van der Waals surface area contributed by atoms with Gasteiger partial charge in [0.15, 0.2) is 0 Å². The van der Waals surface area contributed by atoms with E-state index in [9.17, 15) is 4.79 Å². The number of likely N-dealkylation sites (N-methyl/N-ethyl adjacent to an activating group) is 1. The Morgan fingerprint density at radius 1 is 1.67 bits per heavy atom. The van der Waals surface area contributed by atoms with Crippen LogP contribution in [-0.2, 0) is 4.79 Å². The third kappa shape index (κ3) is 1.19. The van der Waals surface area contributed by atoms with E-state index in [0.29, 0.717) is 6.54 Å². The zero-order chi connectivity index (χ0) is 6.85. The fourth-order valence-electron chi connectivity index (χ4n) is 0.752. The second-order valence-corrected chi connectivity index (χ2v) is 2.19. The minimum absolute atomic E-state index is 0.0578. The molecule has 0 fully saturated rings. The minimum atomic E-state index is 0.0578. The summed E-state index contributed by atoms with van der Waals surface area (Å²) in [6.07, 6.45) is 3.29. The van der Waals surface area contributed by atoms with Crippen molar-refractivity contribution in [2.75, 3.05) is 13.6 Å². The highest BCUT2D eigenvalue weighted by Gasteiger charge is 2.09. The van der Waals surface area contributed by atoms with E-state index in [4.69, 9.17) is 0 Å². The molecule has 9 heavy (non-hydrogen) atoms. The summed E-state index contributed by atoms with van der Waals surface area (Å²) in [5.74, 6) is 0.0578. The van der Waals surface area contributed by atoms with E-state index in [-0.39, 0.29) is 5.91 Å². The topological polar surface area (TPSA) is 20.3 Å². The van der Waals surface area contributed by atoms with E-state index in [2.05, 4.69) is 6.58 Å². The number of amides is 1. The van der Waals surface area contributed by atoms with Gasteiger partial charge in [0.2, 0.25) is 5.91 Å². The average molecular weight is 123 g/mol. The molecule has 1 aliphatic rings. The standard InChI is InChI=1S/C7H9NO/c1-6-3-4-7(9)8(2)5-6/h3-4H,1,5H2,2H3. The number of rotatable bonds is 0. The van der Waals surface area contributed by atoms with Crippen LogP contribution in [0.25, 0.3) is 0 Å². The summed E-state index contributed by atoms with van der Waals surface area (Å²) in [6, 6.07) is 0. The van der Waals surface area contributed by atoms with Crippen LogP contribution in [0.3, 0.4) is 0 Å². The first-order valence-electron chi connectivity index (χ1n) is 2.81. The summed E-state index contributed by atoms with van der Waals surface area (Å²) in [5.41, 5.74) is 0.983. The van der Waals surface area contributed by atoms with Crippen LogP contribution in [-0.4, -0.2) is 24.4 Å². The molecule has 2 nitrogen and oxygen atoms in total. The Morgan fingerprint density at radius 3 is 2.78 bits per heavy atom. The second-order valence-electron chi connectivity index (χ2n) is 2.19. The molecule has 0 radical (unpaired) electrons. The average Bonchev–Trinajstić information content (AvgIpc) is 1.80. The summed E-state index contributed by atoms with van der Waals surface area (Å²) in [7, 11) is 1.76. The second kappa shape index (κ2) is 2.05. The highest BCUT2D eigenvalue weighted by atomic mass is 16.2. The van der Waals surface area contributed by atoms with E-state index < -0.39 is 0 Å². The Labute approximate surface area is 54.5 Å². The first-order chi connectivity index (χ1) is 4.20. The number of nitrogens with zero attached hydrogens (tertiary/aromatic N) is 1. The lowest BCUT2D eigenvalue weighted by Crippen LogP contribution is -2.29. The van der Waals surface area contributed by atoms with E-state index >= 15 is 0 Å². The predicted molar refractivity (Wildman–Crippen MR) is 35.9 cm³/mol. The van der Waals surface area contributed by atoms with Gasteiger partial charge in [-0.15, -0.1) is 0 Å². The largest absolute Gasteiger partial charge is 0.338 e. The van der Waals surface area contributed by atoms with Gasteiger partial charge in [-0.2, -0.15) is 0 Å². The van der Waals surface area contributed by atoms with E-state index in [1.165, 1.54) is 6.08 Å². The maximum atomic E-state index is 10.7. The number of hydrogen-bond donors (Lipinski definition) is 0. The molecule has 0 aliphatic carbocycles. The van der Waals surface area contributed by atoms with Crippen molar-refractivity contribution in [3.8, 4) is 0 Å². The molecule has 0 aromatic carbocycles. The van der Waals surface area contributed by atoms with Gasteiger partial charge >= 0.3 is 0 Å². The van der Waals surface area contributed by atoms with Crippen molar-refractivity contribution in [1.82, 2.24) is 4.90 Å². The molecule has 0 spiro atoms. The van der Waals surface area contributed by atoms with Crippen molar-refractivity contribution in [3.05, 3.63) is 24.3 Å². The maximum Gasteiger partial charge on any atom is 0.246 e. The van der Waals surface area contributed by atoms with Gasteiger partial charge in [-0.1, -0.05) is 12.7 Å². The third-order valence-corrected chi connectivity index (χ3v) is 1.28. The van der Waals surface area contributed by atoms with Gasteiger partial charge < -0.3 is 4.90 Å². The molecular weight excluding hydrogens is 114 g/mol. The highest BCUT2D eigenvalue weighted by Crippen LogP contribution is 2.03. The molecule has 0 bridgehead atoms. The van der Waals surface area contributed by atoms with E-state index in [1.54, 1.807) is 18.0 Å². The SMILES string of the molecule is C=C1C=CC(=O)N(C)C1. The van der Waals surface area contributed by atoms with Crippen molar-refractivity contribution < 1.29 is 4.79 Å². The molecule has 0 N–H and O–H groups in total. The van der Waals surface area contributed by atoms with E-state index in [0.717, 1.165) is 5.57 Å². The zero-order valence-corrected chi connectivity index (χ0v) is 5.42. The summed E-state index contributed by atoms with van der Waals surface area (Å²) in [6.45, 7) is 4.38. The summed E-state index contributed by atoms with van der Waals surface area (Å²) in [5, 5.41) is 0. The van der Waals surface area contributed by atoms with Gasteiger partial charge in [-0.05, 0) is 5.57 Å². The molecule has 1 rings (SSSR count). The van der Waals surface area contributed by atoms with Crippen LogP contribution in [0.5, 0.6) is 0 Å². The molecular formula is C7H9NO. The quantitative estimate of drug-likeness (QED) is 0.461. The Balaban J connectivity index is 2.76. The lowest BCUT2D eigenvalue weighted by molar-refractivity contribution is -0.124. The van der Waals surface area contributed by atoms with Crippen molar-refractivity contribution in [3.63, 3.8) is 0 Å². The van der Waals surface area contributed by atoms with Gasteiger partial charge in [0.05, 0.1) is 0 Å². The molecule has 0 unspecified atom stereocenters. The van der Waals surface area contributed by atoms with Crippen LogP contribution in [0.2, 0.25) is 0 Å². The number of carbonyl (C=O) groups excluding carboxylic acids is 1. The number of hydrogen-bond acceptors (Lipinski definition) is 1. The van der Waals surface area contributed by atoms with Crippen molar-refractivity contribution >= 4 is 5.91 Å². The van der Waals surface area contributed by atoms with Gasteiger partial charge in [0.1, 0.15) is 0 Å². The maximum absolute atomic E-state index is 10.7. The Hall–Kier alpha value is -1.05. The lowest BCUT2D eigenvalue weighted by Gasteiger charge is -2.18. The monoisotopic (exact) mass is 123 g/mol. The summed E-state index contributed by atoms with van der Waals surface area (Å²) < 4.78 is 0. The molecule has 0 saturated carbocycles. The van der Waals surface area contributed by atoms with Crippen molar-refractivity contribution in [1.29, 1.82) is 0 Å². The third-order valence-electron chi connectivity index (χ3n) is 1.28. The fraction of sp³-hybridized carbons (Fsp3) is 0.286. The molecule has 0 aromatic heterocycles. The fourth-order valence-corrected chi connectivity index (χ4v) is 0.752. The summed E-state index contributed by atoms with van der Waals surface area (Å²) in [4.78, 5) is 12.4. The van der Waals surface area contributed by atoms with Crippen molar-refractivity contribution in [2.24, 2.45) is 0 Å². The Morgan fingerprint density at radius 2 is 2.33 bits per heavy atom. The molecule has 2 heteroatoms. The minimum Gasteiger partial charge on any atom is -0.338 e. The molecule has 0 saturated heterocycles. The lowest BCUT2D eigenvalue weighted by atomic mass is 10.2. The molecule has 1 aliphatic heterocycles. The van der Waals surface area contributed by atoms with Crippen LogP contribution >= 0.6 is 0 Å². The van der Waals surface area contributed by atoms with Gasteiger partial charge in [0.25, 0.3) is 0 Å². The zero-order valence-electron chi connectivity index (χ0n) is 5.42. The van der Waals surface area contributed by atoms with Crippen LogP contribution in [0.4, 0.5) is 0 Å².